The van der Waals surface area contributed by atoms with Crippen molar-refractivity contribution < 1.29 is 22.9 Å². The zero-order valence-electron chi connectivity index (χ0n) is 14.0. The van der Waals surface area contributed by atoms with Crippen molar-refractivity contribution >= 4 is 17.4 Å². The van der Waals surface area contributed by atoms with E-state index in [9.17, 15) is 28.1 Å². The molecule has 1 fully saturated rings. The van der Waals surface area contributed by atoms with Gasteiger partial charge < -0.3 is 9.80 Å². The van der Waals surface area contributed by atoms with Crippen molar-refractivity contribution in [1.29, 1.82) is 0 Å². The van der Waals surface area contributed by atoms with Gasteiger partial charge in [0.25, 0.3) is 11.6 Å². The maximum absolute atomic E-state index is 12.8. The van der Waals surface area contributed by atoms with Gasteiger partial charge in [-0.15, -0.1) is 0 Å². The normalized spacial score (nSPS) is 14.9. The number of benzene rings is 1. The quantitative estimate of drug-likeness (QED) is 0.604. The standard InChI is InChI=1S/C17H15F3N4O3/c18-17(19,20)13-3-1-2-12(10-13)16(25)23-8-6-22(7-9-23)15-5-4-14(11-21-15)24(26)27/h1-5,10-11H,6-9H2. The van der Waals surface area contributed by atoms with E-state index in [4.69, 9.17) is 0 Å². The largest absolute Gasteiger partial charge is 0.416 e. The second-order valence-electron chi connectivity index (χ2n) is 5.99. The molecule has 0 atom stereocenters. The summed E-state index contributed by atoms with van der Waals surface area (Å²) >= 11 is 0. The van der Waals surface area contributed by atoms with Gasteiger partial charge in [-0.05, 0) is 24.3 Å². The molecule has 1 aliphatic heterocycles. The highest BCUT2D eigenvalue weighted by molar-refractivity contribution is 5.94. The maximum atomic E-state index is 12.8. The van der Waals surface area contributed by atoms with Crippen LogP contribution in [-0.2, 0) is 6.18 Å². The molecule has 27 heavy (non-hydrogen) atoms. The lowest BCUT2D eigenvalue weighted by atomic mass is 10.1. The van der Waals surface area contributed by atoms with Crippen LogP contribution in [0.5, 0.6) is 0 Å². The minimum atomic E-state index is -4.50. The first-order valence-corrected chi connectivity index (χ1v) is 8.07. The smallest absolute Gasteiger partial charge is 0.353 e. The van der Waals surface area contributed by atoms with Crippen LogP contribution in [0.3, 0.4) is 0 Å². The van der Waals surface area contributed by atoms with Gasteiger partial charge >= 0.3 is 6.18 Å². The van der Waals surface area contributed by atoms with Gasteiger partial charge in [-0.1, -0.05) is 6.07 Å². The summed E-state index contributed by atoms with van der Waals surface area (Å²) in [4.78, 5) is 30.0. The average molecular weight is 380 g/mol. The second kappa shape index (κ2) is 7.22. The third-order valence-electron chi connectivity index (χ3n) is 4.27. The third kappa shape index (κ3) is 4.15. The van der Waals surface area contributed by atoms with E-state index in [0.29, 0.717) is 32.0 Å². The Bertz CT molecular complexity index is 847. The van der Waals surface area contributed by atoms with Gasteiger partial charge in [0.05, 0.1) is 10.5 Å². The minimum Gasteiger partial charge on any atom is -0.353 e. The second-order valence-corrected chi connectivity index (χ2v) is 5.99. The molecule has 1 aliphatic rings. The molecule has 0 spiro atoms. The molecule has 0 radical (unpaired) electrons. The van der Waals surface area contributed by atoms with Crippen LogP contribution in [0.15, 0.2) is 42.6 Å². The first-order chi connectivity index (χ1) is 12.8. The minimum absolute atomic E-state index is 0.00765. The number of halogens is 3. The molecule has 1 amide bonds. The first kappa shape index (κ1) is 18.6. The number of carbonyl (C=O) groups excluding carboxylic acids is 1. The maximum Gasteiger partial charge on any atom is 0.416 e. The lowest BCUT2D eigenvalue weighted by Gasteiger charge is -2.35. The van der Waals surface area contributed by atoms with E-state index in [0.717, 1.165) is 18.3 Å². The zero-order valence-corrected chi connectivity index (χ0v) is 14.0. The monoisotopic (exact) mass is 380 g/mol. The summed E-state index contributed by atoms with van der Waals surface area (Å²) in [6.07, 6.45) is -3.34. The molecule has 0 saturated carbocycles. The molecule has 0 N–H and O–H groups in total. The molecule has 0 bridgehead atoms. The molecular formula is C17H15F3N4O3. The zero-order chi connectivity index (χ0) is 19.6. The van der Waals surface area contributed by atoms with Crippen LogP contribution >= 0.6 is 0 Å². The van der Waals surface area contributed by atoms with Crippen LogP contribution in [-0.4, -0.2) is 46.9 Å². The molecule has 142 valence electrons. The lowest BCUT2D eigenvalue weighted by Crippen LogP contribution is -2.49. The van der Waals surface area contributed by atoms with E-state index >= 15 is 0 Å². The van der Waals surface area contributed by atoms with Gasteiger partial charge in [-0.2, -0.15) is 13.2 Å². The number of nitrogens with zero attached hydrogens (tertiary/aromatic N) is 4. The average Bonchev–Trinajstić information content (AvgIpc) is 2.67. The summed E-state index contributed by atoms with van der Waals surface area (Å²) in [5, 5.41) is 10.7. The molecular weight excluding hydrogens is 365 g/mol. The fourth-order valence-electron chi connectivity index (χ4n) is 2.82. The topological polar surface area (TPSA) is 79.6 Å². The summed E-state index contributed by atoms with van der Waals surface area (Å²) in [5.41, 5.74) is -0.981. The number of pyridine rings is 1. The molecule has 0 aliphatic carbocycles. The lowest BCUT2D eigenvalue weighted by molar-refractivity contribution is -0.385. The molecule has 3 rings (SSSR count). The number of rotatable bonds is 3. The van der Waals surface area contributed by atoms with Crippen molar-refractivity contribution in [3.63, 3.8) is 0 Å². The van der Waals surface area contributed by atoms with E-state index in [1.807, 2.05) is 4.90 Å². The first-order valence-electron chi connectivity index (χ1n) is 8.07. The van der Waals surface area contributed by atoms with Crippen molar-refractivity contribution in [1.82, 2.24) is 9.88 Å². The summed E-state index contributed by atoms with van der Waals surface area (Å²) in [6, 6.07) is 7.24. The molecule has 2 heterocycles. The van der Waals surface area contributed by atoms with Crippen LogP contribution in [0, 0.1) is 10.1 Å². The SMILES string of the molecule is O=C(c1cccc(C(F)(F)F)c1)N1CCN(c2ccc([N+](=O)[O-])cn2)CC1. The molecule has 1 aromatic heterocycles. The molecule has 0 unspecified atom stereocenters. The fourth-order valence-corrected chi connectivity index (χ4v) is 2.82. The Labute approximate surface area is 152 Å². The highest BCUT2D eigenvalue weighted by Gasteiger charge is 2.31. The Kier molecular flexibility index (Phi) is 4.98. The highest BCUT2D eigenvalue weighted by Crippen LogP contribution is 2.30. The number of amides is 1. The van der Waals surface area contributed by atoms with Crippen molar-refractivity contribution in [2.75, 3.05) is 31.1 Å². The Hall–Kier alpha value is -3.17. The van der Waals surface area contributed by atoms with Crippen LogP contribution in [0.25, 0.3) is 0 Å². The van der Waals surface area contributed by atoms with Crippen LogP contribution in [0.1, 0.15) is 15.9 Å². The van der Waals surface area contributed by atoms with E-state index in [2.05, 4.69) is 4.98 Å². The molecule has 10 heteroatoms. The molecule has 2 aromatic rings. The van der Waals surface area contributed by atoms with E-state index in [1.54, 1.807) is 0 Å². The number of alkyl halides is 3. The van der Waals surface area contributed by atoms with Gasteiger partial charge in [-0.25, -0.2) is 4.98 Å². The van der Waals surface area contributed by atoms with E-state index < -0.39 is 22.6 Å². The van der Waals surface area contributed by atoms with Gasteiger partial charge in [-0.3, -0.25) is 14.9 Å². The number of hydrogen-bond acceptors (Lipinski definition) is 5. The van der Waals surface area contributed by atoms with Crippen molar-refractivity contribution in [3.8, 4) is 0 Å². The Morgan fingerprint density at radius 1 is 1.11 bits per heavy atom. The summed E-state index contributed by atoms with van der Waals surface area (Å²) < 4.78 is 38.4. The Morgan fingerprint density at radius 2 is 1.81 bits per heavy atom. The summed E-state index contributed by atoms with van der Waals surface area (Å²) in [6.45, 7) is 1.48. The van der Waals surface area contributed by atoms with Crippen LogP contribution in [0.4, 0.5) is 24.7 Å². The van der Waals surface area contributed by atoms with E-state index in [1.165, 1.54) is 29.2 Å². The fraction of sp³-hybridized carbons (Fsp3) is 0.294. The number of aromatic nitrogens is 1. The van der Waals surface area contributed by atoms with E-state index in [-0.39, 0.29) is 11.3 Å². The van der Waals surface area contributed by atoms with Gasteiger partial charge in [0.1, 0.15) is 12.0 Å². The molecule has 1 saturated heterocycles. The Morgan fingerprint density at radius 3 is 2.37 bits per heavy atom. The van der Waals surface area contributed by atoms with Crippen molar-refractivity contribution in [2.45, 2.75) is 6.18 Å². The number of piperazine rings is 1. The van der Waals surface area contributed by atoms with Gasteiger partial charge in [0, 0.05) is 37.8 Å². The highest BCUT2D eigenvalue weighted by atomic mass is 19.4. The third-order valence-corrected chi connectivity index (χ3v) is 4.27. The Balaban J connectivity index is 1.65. The number of hydrogen-bond donors (Lipinski definition) is 0. The molecule has 1 aromatic carbocycles. The predicted octanol–water partition coefficient (Wildman–Crippen LogP) is 2.97. The van der Waals surface area contributed by atoms with Gasteiger partial charge in [0.2, 0.25) is 0 Å². The number of carbonyl (C=O) groups is 1. The number of nitro groups is 1. The predicted molar refractivity (Wildman–Crippen MR) is 90.5 cm³/mol. The van der Waals surface area contributed by atoms with Crippen molar-refractivity contribution in [3.05, 3.63) is 63.8 Å². The van der Waals surface area contributed by atoms with Crippen molar-refractivity contribution in [2.24, 2.45) is 0 Å². The van der Waals surface area contributed by atoms with Crippen LogP contribution < -0.4 is 4.90 Å². The summed E-state index contributed by atoms with van der Waals surface area (Å²) in [5.74, 6) is 0.0872. The molecule has 7 nitrogen and oxygen atoms in total. The van der Waals surface area contributed by atoms with Crippen LogP contribution in [0.2, 0.25) is 0 Å². The summed E-state index contributed by atoms with van der Waals surface area (Å²) in [7, 11) is 0. The number of anilines is 1. The van der Waals surface area contributed by atoms with Gasteiger partial charge in [0.15, 0.2) is 0 Å².